The highest BCUT2D eigenvalue weighted by Crippen LogP contribution is 2.27. The van der Waals surface area contributed by atoms with Crippen LogP contribution in [0.4, 0.5) is 4.79 Å². The minimum Gasteiger partial charge on any atom is -0.444 e. The van der Waals surface area contributed by atoms with E-state index in [-0.39, 0.29) is 18.9 Å². The van der Waals surface area contributed by atoms with Gasteiger partial charge < -0.3 is 30.3 Å². The molecular formula is C34H47BN4O6. The van der Waals surface area contributed by atoms with Crippen LogP contribution in [0.5, 0.6) is 0 Å². The molecule has 0 unspecified atom stereocenters. The number of ether oxygens (including phenoxy) is 1. The molecule has 0 spiro atoms. The van der Waals surface area contributed by atoms with Gasteiger partial charge >= 0.3 is 13.2 Å². The highest BCUT2D eigenvalue weighted by Gasteiger charge is 2.44. The number of carbonyl (C=O) groups is 3. The van der Waals surface area contributed by atoms with Gasteiger partial charge in [0.2, 0.25) is 11.8 Å². The molecule has 5 rings (SSSR count). The number of amides is 3. The molecule has 4 atom stereocenters. The largest absolute Gasteiger partial charge is 0.475 e. The van der Waals surface area contributed by atoms with Crippen LogP contribution in [-0.4, -0.2) is 75.5 Å². The van der Waals surface area contributed by atoms with Crippen molar-refractivity contribution in [1.29, 1.82) is 0 Å². The third kappa shape index (κ3) is 8.86. The molecule has 2 saturated heterocycles. The summed E-state index contributed by atoms with van der Waals surface area (Å²) in [5, 5.41) is 26.4. The van der Waals surface area contributed by atoms with E-state index >= 15 is 0 Å². The first-order valence-corrected chi connectivity index (χ1v) is 16.6. The van der Waals surface area contributed by atoms with Crippen LogP contribution in [0.1, 0.15) is 86.5 Å². The number of aryl methyl sites for hydroxylation is 1. The summed E-state index contributed by atoms with van der Waals surface area (Å²) in [5.74, 6) is -1.51. The Morgan fingerprint density at radius 1 is 0.956 bits per heavy atom. The molecule has 4 N–H and O–H groups in total. The summed E-state index contributed by atoms with van der Waals surface area (Å²) in [6.07, 6.45) is 6.87. The third-order valence-electron chi connectivity index (χ3n) is 9.34. The Labute approximate surface area is 266 Å². The van der Waals surface area contributed by atoms with Crippen molar-refractivity contribution in [2.45, 2.75) is 115 Å². The van der Waals surface area contributed by atoms with E-state index < -0.39 is 43.2 Å². The van der Waals surface area contributed by atoms with E-state index in [1.807, 2.05) is 49.4 Å². The smallest absolute Gasteiger partial charge is 0.444 e. The summed E-state index contributed by atoms with van der Waals surface area (Å²) in [7, 11) is -1.72. The quantitative estimate of drug-likeness (QED) is 0.377. The van der Waals surface area contributed by atoms with E-state index in [0.29, 0.717) is 32.5 Å². The van der Waals surface area contributed by atoms with Crippen molar-refractivity contribution in [3.8, 4) is 0 Å². The van der Waals surface area contributed by atoms with Crippen LogP contribution in [0.2, 0.25) is 0 Å². The summed E-state index contributed by atoms with van der Waals surface area (Å²) < 4.78 is 5.93. The molecule has 2 fully saturated rings. The van der Waals surface area contributed by atoms with Gasteiger partial charge in [-0.3, -0.25) is 14.5 Å². The number of nitrogens with zero attached hydrogens (tertiary/aromatic N) is 2. The van der Waals surface area contributed by atoms with Gasteiger partial charge in [0.1, 0.15) is 12.1 Å². The van der Waals surface area contributed by atoms with Gasteiger partial charge in [0.05, 0.1) is 18.5 Å². The molecule has 11 heteroatoms. The molecule has 2 aromatic rings. The van der Waals surface area contributed by atoms with Gasteiger partial charge in [-0.2, -0.15) is 0 Å². The maximum absolute atomic E-state index is 14.2. The van der Waals surface area contributed by atoms with Crippen LogP contribution in [0.3, 0.4) is 0 Å². The van der Waals surface area contributed by atoms with E-state index in [4.69, 9.17) is 4.74 Å². The second-order valence-corrected chi connectivity index (χ2v) is 12.9. The average Bonchev–Trinajstić information content (AvgIpc) is 3.65. The van der Waals surface area contributed by atoms with Crippen molar-refractivity contribution in [3.63, 3.8) is 0 Å². The van der Waals surface area contributed by atoms with Gasteiger partial charge in [0, 0.05) is 26.1 Å². The Hall–Kier alpha value is -3.41. The van der Waals surface area contributed by atoms with Crippen LogP contribution >= 0.6 is 0 Å². The van der Waals surface area contributed by atoms with E-state index in [9.17, 15) is 24.4 Å². The molecule has 0 aliphatic carbocycles. The monoisotopic (exact) mass is 618 g/mol. The topological polar surface area (TPSA) is 131 Å². The second kappa shape index (κ2) is 15.7. The number of rotatable bonds is 5. The van der Waals surface area contributed by atoms with Crippen molar-refractivity contribution >= 4 is 25.0 Å². The number of hydrogen-bond acceptors (Lipinski definition) is 7. The summed E-state index contributed by atoms with van der Waals surface area (Å²) in [6.45, 7) is 3.55. The number of hydrogen-bond donors (Lipinski definition) is 4. The molecule has 10 nitrogen and oxygen atoms in total. The van der Waals surface area contributed by atoms with Crippen LogP contribution in [0, 0.1) is 6.92 Å². The molecular weight excluding hydrogens is 571 g/mol. The molecule has 0 aromatic heterocycles. The van der Waals surface area contributed by atoms with Crippen LogP contribution < -0.4 is 10.6 Å². The maximum Gasteiger partial charge on any atom is 0.475 e. The Morgan fingerprint density at radius 2 is 1.62 bits per heavy atom. The molecule has 0 bridgehead atoms. The van der Waals surface area contributed by atoms with Crippen LogP contribution in [0.25, 0.3) is 0 Å². The van der Waals surface area contributed by atoms with Gasteiger partial charge in [0.25, 0.3) is 0 Å². The molecule has 3 amide bonds. The first-order valence-electron chi connectivity index (χ1n) is 16.6. The molecule has 45 heavy (non-hydrogen) atoms. The predicted octanol–water partition coefficient (Wildman–Crippen LogP) is 3.60. The molecule has 2 aromatic carbocycles. The molecule has 0 radical (unpaired) electrons. The van der Waals surface area contributed by atoms with Gasteiger partial charge in [0.15, 0.2) is 0 Å². The minimum absolute atomic E-state index is 0.0957. The standard InChI is InChI=1S/C34H47BN4O6/c1-24-12-11-13-25(18-24)20-36-29-16-7-5-3-2-4-6-8-17-31(35(43)44)37-32(40)30-19-28(23-39(30)33(29)41)45-34(42)38-21-26-14-9-10-15-27(26)22-38/h9-15,18,28-31,36,43-44H,2-8,16-17,19-23H2,1H3,(H,37,40)/t28-,29+,30+,31+/m1/s1. The summed E-state index contributed by atoms with van der Waals surface area (Å²) in [5.41, 5.74) is 4.37. The SMILES string of the molecule is Cc1cccc(CN[C@H]2CCCCCCCCC[C@@H](B(O)O)NC(=O)[C@@H]3C[C@@H](OC(=O)N4Cc5ccccc5C4)CN3C2=O)c1. The highest BCUT2D eigenvalue weighted by atomic mass is 16.6. The minimum atomic E-state index is -1.72. The first kappa shape index (κ1) is 33.0. The molecule has 3 aliphatic heterocycles. The van der Waals surface area contributed by atoms with Crippen molar-refractivity contribution in [1.82, 2.24) is 20.4 Å². The van der Waals surface area contributed by atoms with Crippen molar-refractivity contribution in [3.05, 3.63) is 70.8 Å². The normalized spacial score (nSPS) is 25.0. The van der Waals surface area contributed by atoms with Crippen molar-refractivity contribution in [2.24, 2.45) is 0 Å². The van der Waals surface area contributed by atoms with Gasteiger partial charge in [-0.25, -0.2) is 4.79 Å². The number of nitrogens with one attached hydrogen (secondary N) is 2. The fraction of sp³-hybridized carbons (Fsp3) is 0.559. The lowest BCUT2D eigenvalue weighted by molar-refractivity contribution is -0.140. The Balaban J connectivity index is 1.33. The van der Waals surface area contributed by atoms with Gasteiger partial charge in [-0.15, -0.1) is 0 Å². The zero-order valence-electron chi connectivity index (χ0n) is 26.3. The van der Waals surface area contributed by atoms with Gasteiger partial charge in [-0.1, -0.05) is 99.0 Å². The number of fused-ring (bicyclic) bond motifs is 2. The Kier molecular flexibility index (Phi) is 11.5. The number of carbonyl (C=O) groups excluding carboxylic acids is 3. The lowest BCUT2D eigenvalue weighted by Crippen LogP contribution is -2.56. The van der Waals surface area contributed by atoms with E-state index in [1.165, 1.54) is 4.90 Å². The third-order valence-corrected chi connectivity index (χ3v) is 9.34. The second-order valence-electron chi connectivity index (χ2n) is 12.9. The molecule has 0 saturated carbocycles. The van der Waals surface area contributed by atoms with E-state index in [2.05, 4.69) is 16.7 Å². The number of benzene rings is 2. The van der Waals surface area contributed by atoms with E-state index in [1.54, 1.807) is 4.90 Å². The molecule has 3 aliphatic rings. The highest BCUT2D eigenvalue weighted by molar-refractivity contribution is 6.43. The fourth-order valence-electron chi connectivity index (χ4n) is 6.80. The summed E-state index contributed by atoms with van der Waals surface area (Å²) in [4.78, 5) is 44.3. The van der Waals surface area contributed by atoms with Crippen LogP contribution in [-0.2, 0) is 34.0 Å². The Morgan fingerprint density at radius 3 is 2.29 bits per heavy atom. The fourth-order valence-corrected chi connectivity index (χ4v) is 6.80. The lowest BCUT2D eigenvalue weighted by Gasteiger charge is -2.30. The van der Waals surface area contributed by atoms with Crippen molar-refractivity contribution < 1.29 is 29.2 Å². The van der Waals surface area contributed by atoms with Gasteiger partial charge in [-0.05, 0) is 36.5 Å². The maximum atomic E-state index is 14.2. The summed E-state index contributed by atoms with van der Waals surface area (Å²) in [6, 6.07) is 14.6. The summed E-state index contributed by atoms with van der Waals surface area (Å²) >= 11 is 0. The van der Waals surface area contributed by atoms with Crippen molar-refractivity contribution in [2.75, 3.05) is 6.54 Å². The Bertz CT molecular complexity index is 1300. The zero-order valence-corrected chi connectivity index (χ0v) is 26.3. The van der Waals surface area contributed by atoms with E-state index in [0.717, 1.165) is 67.2 Å². The van der Waals surface area contributed by atoms with Crippen LogP contribution in [0.15, 0.2) is 48.5 Å². The average molecular weight is 619 g/mol. The predicted molar refractivity (Wildman–Crippen MR) is 172 cm³/mol. The molecule has 242 valence electrons. The first-order chi connectivity index (χ1) is 21.8. The lowest BCUT2D eigenvalue weighted by atomic mass is 9.76. The zero-order chi connectivity index (χ0) is 31.8. The molecule has 3 heterocycles.